The number of fused-ring (bicyclic) bond motifs is 4. The van der Waals surface area contributed by atoms with Crippen LogP contribution in [-0.4, -0.2) is 51.9 Å². The molecule has 6 rings (SSSR count). The molecule has 3 aliphatic heterocycles. The zero-order chi connectivity index (χ0) is 22.7. The lowest BCUT2D eigenvalue weighted by Crippen LogP contribution is -2.63. The minimum Gasteiger partial charge on any atom is -0.423 e. The summed E-state index contributed by atoms with van der Waals surface area (Å²) in [6.45, 7) is 0.158. The standard InChI is InChI=1S/C25H19FN4O3/c1-28-22-21(29-14-20(33-24(29)27-22)16-9-11-18(26)12-10-16)23(31)30(25(28)32)13-17-7-4-6-15-5-2-3-8-19(15)17/h2-12,14,21-22H,13H2,1H3. The molecule has 7 nitrogen and oxygen atoms in total. The van der Waals surface area contributed by atoms with E-state index in [9.17, 15) is 14.0 Å². The number of likely N-dealkylation sites (N-methyl/N-ethyl adjacent to an activating group) is 1. The van der Waals surface area contributed by atoms with E-state index in [0.29, 0.717) is 11.3 Å². The van der Waals surface area contributed by atoms with Gasteiger partial charge in [0.1, 0.15) is 5.82 Å². The van der Waals surface area contributed by atoms with Crippen molar-refractivity contribution in [2.45, 2.75) is 18.8 Å². The minimum absolute atomic E-state index is 0.158. The summed E-state index contributed by atoms with van der Waals surface area (Å²) in [5.41, 5.74) is 1.56. The lowest BCUT2D eigenvalue weighted by Gasteiger charge is -2.39. The second-order valence-corrected chi connectivity index (χ2v) is 8.24. The smallest absolute Gasteiger partial charge is 0.328 e. The number of ether oxygens (including phenoxy) is 1. The number of carbonyl (C=O) groups excluding carboxylic acids is 2. The number of aliphatic imine (C=N–C) groups is 1. The number of benzene rings is 3. The second kappa shape index (κ2) is 7.16. The number of amides is 3. The molecule has 3 heterocycles. The quantitative estimate of drug-likeness (QED) is 0.620. The van der Waals surface area contributed by atoms with Crippen molar-refractivity contribution in [3.05, 3.63) is 89.9 Å². The summed E-state index contributed by atoms with van der Waals surface area (Å²) in [5.74, 6) is -0.211. The average Bonchev–Trinajstić information content (AvgIpc) is 3.39. The first-order chi connectivity index (χ1) is 16.0. The largest absolute Gasteiger partial charge is 0.423 e. The van der Waals surface area contributed by atoms with E-state index in [2.05, 4.69) is 4.99 Å². The molecule has 1 fully saturated rings. The van der Waals surface area contributed by atoms with E-state index in [0.717, 1.165) is 16.3 Å². The van der Waals surface area contributed by atoms with Gasteiger partial charge < -0.3 is 9.64 Å². The molecule has 2 unspecified atom stereocenters. The zero-order valence-corrected chi connectivity index (χ0v) is 17.7. The maximum Gasteiger partial charge on any atom is 0.328 e. The number of nitrogens with zero attached hydrogens (tertiary/aromatic N) is 4. The fourth-order valence-electron chi connectivity index (χ4n) is 4.57. The van der Waals surface area contributed by atoms with Crippen LogP contribution in [0.3, 0.4) is 0 Å². The maximum atomic E-state index is 13.6. The highest BCUT2D eigenvalue weighted by Crippen LogP contribution is 2.36. The number of rotatable bonds is 3. The average molecular weight is 442 g/mol. The summed E-state index contributed by atoms with van der Waals surface area (Å²) < 4.78 is 19.1. The van der Waals surface area contributed by atoms with Gasteiger partial charge in [-0.05, 0) is 40.6 Å². The third kappa shape index (κ3) is 2.98. The van der Waals surface area contributed by atoms with Crippen molar-refractivity contribution in [3.8, 4) is 0 Å². The second-order valence-electron chi connectivity index (χ2n) is 8.24. The van der Waals surface area contributed by atoms with Gasteiger partial charge in [0.05, 0.1) is 12.7 Å². The molecule has 164 valence electrons. The van der Waals surface area contributed by atoms with E-state index >= 15 is 0 Å². The normalized spacial score (nSPS) is 21.7. The Kier molecular flexibility index (Phi) is 4.23. The van der Waals surface area contributed by atoms with Gasteiger partial charge >= 0.3 is 6.03 Å². The maximum absolute atomic E-state index is 13.6. The number of halogens is 1. The number of hydrogen-bond acceptors (Lipinski definition) is 5. The van der Waals surface area contributed by atoms with Crippen LogP contribution in [0.1, 0.15) is 11.1 Å². The Hall–Kier alpha value is -4.20. The van der Waals surface area contributed by atoms with Crippen molar-refractivity contribution in [1.82, 2.24) is 14.7 Å². The van der Waals surface area contributed by atoms with E-state index in [4.69, 9.17) is 4.74 Å². The molecule has 0 radical (unpaired) electrons. The van der Waals surface area contributed by atoms with Crippen LogP contribution in [0.15, 0.2) is 77.9 Å². The molecule has 3 aliphatic rings. The van der Waals surface area contributed by atoms with E-state index in [1.807, 2.05) is 42.5 Å². The summed E-state index contributed by atoms with van der Waals surface area (Å²) in [6, 6.07) is 18.8. The molecule has 8 heteroatoms. The number of amidine groups is 1. The highest BCUT2D eigenvalue weighted by atomic mass is 19.1. The highest BCUT2D eigenvalue weighted by Gasteiger charge is 2.54. The van der Waals surface area contributed by atoms with Crippen molar-refractivity contribution in [2.75, 3.05) is 7.05 Å². The predicted octanol–water partition coefficient (Wildman–Crippen LogP) is 3.77. The molecule has 0 aliphatic carbocycles. The van der Waals surface area contributed by atoms with Crippen LogP contribution in [0, 0.1) is 5.82 Å². The first-order valence-corrected chi connectivity index (χ1v) is 10.6. The summed E-state index contributed by atoms with van der Waals surface area (Å²) >= 11 is 0. The predicted molar refractivity (Wildman–Crippen MR) is 120 cm³/mol. The fourth-order valence-corrected chi connectivity index (χ4v) is 4.57. The first kappa shape index (κ1) is 19.5. The van der Waals surface area contributed by atoms with Gasteiger partial charge in [0.25, 0.3) is 11.9 Å². The highest BCUT2D eigenvalue weighted by molar-refractivity contribution is 6.05. The molecule has 3 aromatic rings. The van der Waals surface area contributed by atoms with Crippen molar-refractivity contribution >= 4 is 34.5 Å². The van der Waals surface area contributed by atoms with E-state index in [-0.39, 0.29) is 24.3 Å². The van der Waals surface area contributed by atoms with Crippen LogP contribution < -0.4 is 0 Å². The zero-order valence-electron chi connectivity index (χ0n) is 17.7. The van der Waals surface area contributed by atoms with Gasteiger partial charge in [0, 0.05) is 12.6 Å². The molecular formula is C25H19FN4O3. The monoisotopic (exact) mass is 442 g/mol. The summed E-state index contributed by atoms with van der Waals surface area (Å²) in [6.07, 6.45) is 1.02. The van der Waals surface area contributed by atoms with E-state index in [1.54, 1.807) is 30.3 Å². The molecule has 3 aromatic carbocycles. The van der Waals surface area contributed by atoms with Crippen molar-refractivity contribution in [3.63, 3.8) is 0 Å². The Morgan fingerprint density at radius 3 is 2.58 bits per heavy atom. The van der Waals surface area contributed by atoms with Gasteiger partial charge in [0.2, 0.25) is 0 Å². The van der Waals surface area contributed by atoms with Crippen LogP contribution in [0.2, 0.25) is 0 Å². The lowest BCUT2D eigenvalue weighted by molar-refractivity contribution is -0.137. The third-order valence-corrected chi connectivity index (χ3v) is 6.29. The van der Waals surface area contributed by atoms with Gasteiger partial charge in [0.15, 0.2) is 18.0 Å². The summed E-state index contributed by atoms with van der Waals surface area (Å²) in [7, 11) is 1.64. The molecule has 0 N–H and O–H groups in total. The van der Waals surface area contributed by atoms with E-state index in [1.165, 1.54) is 21.9 Å². The Balaban J connectivity index is 1.33. The molecule has 0 saturated carbocycles. The first-order valence-electron chi connectivity index (χ1n) is 10.6. The van der Waals surface area contributed by atoms with Gasteiger partial charge in [-0.2, -0.15) is 0 Å². The Labute approximate surface area is 189 Å². The molecule has 3 amide bonds. The van der Waals surface area contributed by atoms with Crippen LogP contribution in [0.25, 0.3) is 16.5 Å². The van der Waals surface area contributed by atoms with Gasteiger partial charge in [-0.25, -0.2) is 14.2 Å². The molecule has 0 bridgehead atoms. The van der Waals surface area contributed by atoms with Crippen LogP contribution in [0.5, 0.6) is 0 Å². The number of urea groups is 1. The third-order valence-electron chi connectivity index (χ3n) is 6.29. The molecule has 1 saturated heterocycles. The molecule has 0 aromatic heterocycles. The summed E-state index contributed by atoms with van der Waals surface area (Å²) in [4.78, 5) is 35.6. The number of hydrogen-bond donors (Lipinski definition) is 0. The van der Waals surface area contributed by atoms with Crippen molar-refractivity contribution in [2.24, 2.45) is 4.99 Å². The SMILES string of the molecule is CN1C(=O)N(Cc2cccc3ccccc23)C(=O)C2C1N=C1OC(c3ccc(F)cc3)=CN12. The van der Waals surface area contributed by atoms with Crippen LogP contribution in [0.4, 0.5) is 9.18 Å². The Morgan fingerprint density at radius 2 is 1.76 bits per heavy atom. The van der Waals surface area contributed by atoms with Gasteiger partial charge in [-0.1, -0.05) is 42.5 Å². The van der Waals surface area contributed by atoms with E-state index < -0.39 is 18.2 Å². The molecule has 2 atom stereocenters. The number of imide groups is 1. The van der Waals surface area contributed by atoms with Crippen molar-refractivity contribution in [1.29, 1.82) is 0 Å². The van der Waals surface area contributed by atoms with Crippen molar-refractivity contribution < 1.29 is 18.7 Å². The van der Waals surface area contributed by atoms with Gasteiger partial charge in [-0.15, -0.1) is 0 Å². The molecular weight excluding hydrogens is 423 g/mol. The number of carbonyl (C=O) groups is 2. The minimum atomic E-state index is -0.726. The van der Waals surface area contributed by atoms with Crippen LogP contribution in [-0.2, 0) is 16.1 Å². The molecule has 33 heavy (non-hydrogen) atoms. The Bertz CT molecular complexity index is 1360. The fraction of sp³-hybridized carbons (Fsp3) is 0.160. The van der Waals surface area contributed by atoms with Gasteiger partial charge in [-0.3, -0.25) is 14.6 Å². The Morgan fingerprint density at radius 1 is 1.00 bits per heavy atom. The topological polar surface area (TPSA) is 65.5 Å². The lowest BCUT2D eigenvalue weighted by atomic mass is 10.0. The summed E-state index contributed by atoms with van der Waals surface area (Å²) in [5, 5.41) is 2.04. The van der Waals surface area contributed by atoms with Crippen LogP contribution >= 0.6 is 0 Å². The molecule has 0 spiro atoms.